The third kappa shape index (κ3) is 4.04. The molecule has 1 heterocycles. The van der Waals surface area contributed by atoms with Gasteiger partial charge in [-0.25, -0.2) is 9.78 Å². The van der Waals surface area contributed by atoms with Crippen molar-refractivity contribution < 1.29 is 22.7 Å². The highest BCUT2D eigenvalue weighted by atomic mass is 32.1. The maximum Gasteiger partial charge on any atom is 0.436 e. The summed E-state index contributed by atoms with van der Waals surface area (Å²) < 4.78 is 45.4. The lowest BCUT2D eigenvalue weighted by Gasteiger charge is -2.34. The van der Waals surface area contributed by atoms with Crippen molar-refractivity contribution in [2.24, 2.45) is 0 Å². The number of carbonyl (C=O) groups excluding carboxylic acids is 1. The van der Waals surface area contributed by atoms with Crippen LogP contribution in [0.5, 0.6) is 0 Å². The number of hydrogen-bond acceptors (Lipinski definition) is 6. The van der Waals surface area contributed by atoms with E-state index in [1.165, 1.54) is 11.6 Å². The summed E-state index contributed by atoms with van der Waals surface area (Å²) in [6, 6.07) is 8.99. The monoisotopic (exact) mass is 359 g/mol. The zero-order chi connectivity index (χ0) is 17.6. The summed E-state index contributed by atoms with van der Waals surface area (Å²) in [6.07, 6.45) is -3.27. The van der Waals surface area contributed by atoms with E-state index >= 15 is 0 Å². The normalized spacial score (nSPS) is 14.0. The number of anilines is 1. The van der Waals surface area contributed by atoms with Crippen molar-refractivity contribution in [2.45, 2.75) is 18.3 Å². The van der Waals surface area contributed by atoms with Gasteiger partial charge in [0.1, 0.15) is 0 Å². The Morgan fingerprint density at radius 3 is 2.54 bits per heavy atom. The Balaban J connectivity index is 2.21. The third-order valence-electron chi connectivity index (χ3n) is 3.29. The number of aromatic nitrogens is 1. The van der Waals surface area contributed by atoms with Gasteiger partial charge in [-0.2, -0.15) is 13.2 Å². The van der Waals surface area contributed by atoms with Crippen LogP contribution < -0.4 is 10.6 Å². The molecule has 0 bridgehead atoms. The SMILES string of the molecule is COC(=O)C(NCCc1ccccc1)(Nc1nccs1)C(F)(F)F. The molecule has 0 aliphatic rings. The number of carbonyl (C=O) groups is 1. The Morgan fingerprint density at radius 2 is 2.00 bits per heavy atom. The number of rotatable bonds is 7. The van der Waals surface area contributed by atoms with Gasteiger partial charge in [-0.1, -0.05) is 30.3 Å². The third-order valence-corrected chi connectivity index (χ3v) is 3.98. The second kappa shape index (κ2) is 7.63. The number of benzene rings is 1. The van der Waals surface area contributed by atoms with Crippen LogP contribution in [0.3, 0.4) is 0 Å². The molecule has 2 N–H and O–H groups in total. The van der Waals surface area contributed by atoms with E-state index in [0.29, 0.717) is 6.42 Å². The van der Waals surface area contributed by atoms with Crippen LogP contribution in [-0.4, -0.2) is 36.4 Å². The zero-order valence-corrected chi connectivity index (χ0v) is 13.6. The smallest absolute Gasteiger partial charge is 0.436 e. The molecule has 130 valence electrons. The Morgan fingerprint density at radius 1 is 1.29 bits per heavy atom. The van der Waals surface area contributed by atoms with Gasteiger partial charge in [-0.3, -0.25) is 5.32 Å². The van der Waals surface area contributed by atoms with Crippen molar-refractivity contribution in [1.82, 2.24) is 10.3 Å². The van der Waals surface area contributed by atoms with Gasteiger partial charge in [0.05, 0.1) is 7.11 Å². The van der Waals surface area contributed by atoms with Gasteiger partial charge in [-0.05, 0) is 12.0 Å². The molecule has 5 nitrogen and oxygen atoms in total. The van der Waals surface area contributed by atoms with Crippen molar-refractivity contribution >= 4 is 22.4 Å². The van der Waals surface area contributed by atoms with Gasteiger partial charge in [0, 0.05) is 18.1 Å². The minimum absolute atomic E-state index is 0.0371. The Kier molecular flexibility index (Phi) is 5.79. The molecule has 2 aromatic rings. The molecule has 0 spiro atoms. The molecule has 2 rings (SSSR count). The van der Waals surface area contributed by atoms with E-state index in [4.69, 9.17) is 0 Å². The van der Waals surface area contributed by atoms with E-state index < -0.39 is 17.8 Å². The lowest BCUT2D eigenvalue weighted by Crippen LogP contribution is -2.68. The molecule has 1 atom stereocenters. The van der Waals surface area contributed by atoms with Crippen LogP contribution in [0.25, 0.3) is 0 Å². The molecule has 0 amide bonds. The van der Waals surface area contributed by atoms with Crippen LogP contribution in [0.2, 0.25) is 0 Å². The first-order valence-corrected chi connectivity index (χ1v) is 7.89. The highest BCUT2D eigenvalue weighted by Gasteiger charge is 2.62. The molecule has 1 unspecified atom stereocenters. The summed E-state index contributed by atoms with van der Waals surface area (Å²) >= 11 is 0.954. The topological polar surface area (TPSA) is 63.2 Å². The molecule has 9 heteroatoms. The first-order valence-electron chi connectivity index (χ1n) is 7.01. The second-order valence-electron chi connectivity index (χ2n) is 4.86. The second-order valence-corrected chi connectivity index (χ2v) is 5.76. The van der Waals surface area contributed by atoms with Crippen LogP contribution in [0.1, 0.15) is 5.56 Å². The van der Waals surface area contributed by atoms with E-state index in [9.17, 15) is 18.0 Å². The molecule has 1 aromatic heterocycles. The predicted molar refractivity (Wildman–Crippen MR) is 84.7 cm³/mol. The summed E-state index contributed by atoms with van der Waals surface area (Å²) in [6.45, 7) is -0.0863. The van der Waals surface area contributed by atoms with Gasteiger partial charge in [0.15, 0.2) is 5.13 Å². The van der Waals surface area contributed by atoms with Gasteiger partial charge >= 0.3 is 12.1 Å². The van der Waals surface area contributed by atoms with Crippen LogP contribution in [0.15, 0.2) is 41.9 Å². The van der Waals surface area contributed by atoms with Crippen LogP contribution in [-0.2, 0) is 16.0 Å². The number of hydrogen-bond donors (Lipinski definition) is 2. The van der Waals surface area contributed by atoms with E-state index in [1.54, 1.807) is 24.3 Å². The Hall–Kier alpha value is -2.13. The fourth-order valence-corrected chi connectivity index (χ4v) is 2.68. The summed E-state index contributed by atoms with van der Waals surface area (Å²) in [5, 5.41) is 5.88. The molecular weight excluding hydrogens is 343 g/mol. The van der Waals surface area contributed by atoms with Crippen LogP contribution in [0, 0.1) is 0 Å². The zero-order valence-electron chi connectivity index (χ0n) is 12.8. The molecular formula is C15H16F3N3O2S. The Labute approximate surface area is 140 Å². The number of thiazole rings is 1. The number of methoxy groups -OCH3 is 1. The van der Waals surface area contributed by atoms with Crippen molar-refractivity contribution in [3.63, 3.8) is 0 Å². The number of alkyl halides is 3. The Bertz CT molecular complexity index is 650. The van der Waals surface area contributed by atoms with Crippen LogP contribution in [0.4, 0.5) is 18.3 Å². The number of halogens is 3. The average molecular weight is 359 g/mol. The molecule has 0 saturated carbocycles. The fourth-order valence-electron chi connectivity index (χ4n) is 2.09. The molecule has 0 saturated heterocycles. The van der Waals surface area contributed by atoms with Crippen molar-refractivity contribution in [1.29, 1.82) is 0 Å². The highest BCUT2D eigenvalue weighted by Crippen LogP contribution is 2.33. The largest absolute Gasteiger partial charge is 0.466 e. The van der Waals surface area contributed by atoms with Gasteiger partial charge in [0.2, 0.25) is 0 Å². The number of esters is 1. The van der Waals surface area contributed by atoms with E-state index in [-0.39, 0.29) is 11.7 Å². The average Bonchev–Trinajstić information content (AvgIpc) is 3.06. The number of ether oxygens (including phenoxy) is 1. The summed E-state index contributed by atoms with van der Waals surface area (Å²) in [5.74, 6) is -1.47. The number of nitrogens with zero attached hydrogens (tertiary/aromatic N) is 1. The van der Waals surface area contributed by atoms with Crippen LogP contribution >= 0.6 is 11.3 Å². The summed E-state index contributed by atoms with van der Waals surface area (Å²) in [4.78, 5) is 15.7. The highest BCUT2D eigenvalue weighted by molar-refractivity contribution is 7.13. The quantitative estimate of drug-likeness (QED) is 0.588. The van der Waals surface area contributed by atoms with Crippen molar-refractivity contribution in [3.8, 4) is 0 Å². The lowest BCUT2D eigenvalue weighted by molar-refractivity contribution is -0.205. The predicted octanol–water partition coefficient (Wildman–Crippen LogP) is 2.82. The molecule has 0 fully saturated rings. The van der Waals surface area contributed by atoms with E-state index in [1.807, 2.05) is 6.07 Å². The maximum absolute atomic E-state index is 13.7. The maximum atomic E-state index is 13.7. The van der Waals surface area contributed by atoms with Gasteiger partial charge in [-0.15, -0.1) is 11.3 Å². The van der Waals surface area contributed by atoms with Gasteiger partial charge in [0.25, 0.3) is 5.66 Å². The summed E-state index contributed by atoms with van der Waals surface area (Å²) in [5.41, 5.74) is -2.21. The molecule has 24 heavy (non-hydrogen) atoms. The standard InChI is InChI=1S/C15H16F3N3O2S/c1-23-12(22)14(15(16,17)18,21-13-19-9-10-24-13)20-8-7-11-5-3-2-4-6-11/h2-6,9-10,20H,7-8H2,1H3,(H,19,21). The van der Waals surface area contributed by atoms with E-state index in [2.05, 4.69) is 20.4 Å². The van der Waals surface area contributed by atoms with Gasteiger partial charge < -0.3 is 10.1 Å². The first kappa shape index (κ1) is 18.2. The number of nitrogens with one attached hydrogen (secondary N) is 2. The molecule has 0 radical (unpaired) electrons. The first-order chi connectivity index (χ1) is 11.4. The van der Waals surface area contributed by atoms with E-state index in [0.717, 1.165) is 24.0 Å². The fraction of sp³-hybridized carbons (Fsp3) is 0.333. The summed E-state index contributed by atoms with van der Waals surface area (Å²) in [7, 11) is 0.908. The van der Waals surface area contributed by atoms with Crippen molar-refractivity contribution in [2.75, 3.05) is 19.0 Å². The minimum Gasteiger partial charge on any atom is -0.466 e. The molecule has 0 aliphatic carbocycles. The molecule has 0 aliphatic heterocycles. The van der Waals surface area contributed by atoms with Crippen molar-refractivity contribution in [3.05, 3.63) is 47.5 Å². The lowest BCUT2D eigenvalue weighted by atomic mass is 10.1. The molecule has 1 aromatic carbocycles. The minimum atomic E-state index is -4.93.